The van der Waals surface area contributed by atoms with Gasteiger partial charge in [-0.3, -0.25) is 0 Å². The molecule has 0 unspecified atom stereocenters. The van der Waals surface area contributed by atoms with Crippen LogP contribution in [0, 0.1) is 6.92 Å². The summed E-state index contributed by atoms with van der Waals surface area (Å²) in [6.45, 7) is 4.21. The fraction of sp³-hybridized carbons (Fsp3) is 0.700. The van der Waals surface area contributed by atoms with Gasteiger partial charge < -0.3 is 10.4 Å². The highest BCUT2D eigenvalue weighted by atomic mass is 32.1. The first kappa shape index (κ1) is 11.6. The molecule has 4 heteroatoms. The minimum Gasteiger partial charge on any atom is -0.396 e. The third-order valence-electron chi connectivity index (χ3n) is 1.98. The van der Waals surface area contributed by atoms with E-state index in [4.69, 9.17) is 5.11 Å². The smallest absolute Gasteiger partial charge is 0.0897 e. The van der Waals surface area contributed by atoms with Crippen LogP contribution < -0.4 is 5.32 Å². The van der Waals surface area contributed by atoms with Crippen LogP contribution in [0.5, 0.6) is 0 Å². The molecule has 1 aromatic heterocycles. The van der Waals surface area contributed by atoms with Crippen molar-refractivity contribution < 1.29 is 5.11 Å². The van der Waals surface area contributed by atoms with Crippen LogP contribution in [-0.2, 0) is 6.54 Å². The molecule has 2 N–H and O–H groups in total. The van der Waals surface area contributed by atoms with Crippen LogP contribution in [0.3, 0.4) is 0 Å². The number of hydrogen-bond donors (Lipinski definition) is 2. The van der Waals surface area contributed by atoms with Crippen LogP contribution in [0.25, 0.3) is 0 Å². The topological polar surface area (TPSA) is 45.2 Å². The lowest BCUT2D eigenvalue weighted by Crippen LogP contribution is -2.14. The Labute approximate surface area is 89.2 Å². The summed E-state index contributed by atoms with van der Waals surface area (Å²) in [5, 5.41) is 15.1. The highest BCUT2D eigenvalue weighted by Gasteiger charge is 1.96. The van der Waals surface area contributed by atoms with E-state index in [1.807, 2.05) is 6.92 Å². The van der Waals surface area contributed by atoms with E-state index in [-0.39, 0.29) is 0 Å². The van der Waals surface area contributed by atoms with Gasteiger partial charge in [-0.25, -0.2) is 4.98 Å². The fourth-order valence-corrected chi connectivity index (χ4v) is 1.86. The molecule has 0 bridgehead atoms. The molecule has 0 fully saturated rings. The molecule has 0 aliphatic rings. The summed E-state index contributed by atoms with van der Waals surface area (Å²) >= 11 is 1.69. The van der Waals surface area contributed by atoms with Crippen molar-refractivity contribution in [3.63, 3.8) is 0 Å². The van der Waals surface area contributed by atoms with E-state index >= 15 is 0 Å². The predicted octanol–water partition coefficient (Wildman–Crippen LogP) is 1.70. The van der Waals surface area contributed by atoms with Crippen molar-refractivity contribution in [2.45, 2.75) is 32.7 Å². The molecule has 0 spiro atoms. The van der Waals surface area contributed by atoms with Gasteiger partial charge in [0.2, 0.25) is 0 Å². The average molecular weight is 214 g/mol. The van der Waals surface area contributed by atoms with Crippen LogP contribution in [0.2, 0.25) is 0 Å². The molecule has 0 saturated carbocycles. The van der Waals surface area contributed by atoms with Crippen molar-refractivity contribution in [1.82, 2.24) is 10.3 Å². The first-order chi connectivity index (χ1) is 6.83. The van der Waals surface area contributed by atoms with Crippen LogP contribution in [0.4, 0.5) is 0 Å². The molecular weight excluding hydrogens is 196 g/mol. The van der Waals surface area contributed by atoms with Crippen molar-refractivity contribution in [2.75, 3.05) is 13.2 Å². The third kappa shape index (κ3) is 4.69. The normalized spacial score (nSPS) is 10.7. The van der Waals surface area contributed by atoms with E-state index in [1.54, 1.807) is 11.3 Å². The second-order valence-electron chi connectivity index (χ2n) is 3.32. The number of nitrogens with zero attached hydrogens (tertiary/aromatic N) is 1. The minimum atomic E-state index is 0.311. The van der Waals surface area contributed by atoms with Gasteiger partial charge in [-0.15, -0.1) is 11.3 Å². The Morgan fingerprint density at radius 2 is 2.29 bits per heavy atom. The van der Waals surface area contributed by atoms with Crippen molar-refractivity contribution in [1.29, 1.82) is 0 Å². The van der Waals surface area contributed by atoms with E-state index in [0.717, 1.165) is 43.1 Å². The molecule has 0 atom stereocenters. The lowest BCUT2D eigenvalue weighted by molar-refractivity contribution is 0.283. The maximum absolute atomic E-state index is 8.57. The quantitative estimate of drug-likeness (QED) is 0.679. The predicted molar refractivity (Wildman–Crippen MR) is 59.5 cm³/mol. The molecule has 80 valence electrons. The van der Waals surface area contributed by atoms with E-state index in [1.165, 1.54) is 0 Å². The number of hydrogen-bond acceptors (Lipinski definition) is 4. The monoisotopic (exact) mass is 214 g/mol. The molecule has 0 aromatic carbocycles. The fourth-order valence-electron chi connectivity index (χ4n) is 1.24. The SMILES string of the molecule is Cc1nc(CNCCCCCO)cs1. The number of aliphatic hydroxyl groups is 1. The molecule has 14 heavy (non-hydrogen) atoms. The minimum absolute atomic E-state index is 0.311. The van der Waals surface area contributed by atoms with Gasteiger partial charge in [-0.1, -0.05) is 0 Å². The van der Waals surface area contributed by atoms with E-state index in [2.05, 4.69) is 15.7 Å². The molecule has 1 heterocycles. The Balaban J connectivity index is 1.99. The molecule has 0 radical (unpaired) electrons. The van der Waals surface area contributed by atoms with Crippen molar-refractivity contribution >= 4 is 11.3 Å². The first-order valence-electron chi connectivity index (χ1n) is 5.05. The third-order valence-corrected chi connectivity index (χ3v) is 2.81. The summed E-state index contributed by atoms with van der Waals surface area (Å²) in [5.74, 6) is 0. The summed E-state index contributed by atoms with van der Waals surface area (Å²) in [7, 11) is 0. The van der Waals surface area contributed by atoms with Gasteiger partial charge in [0, 0.05) is 18.5 Å². The number of unbranched alkanes of at least 4 members (excludes halogenated alkanes) is 2. The largest absolute Gasteiger partial charge is 0.396 e. The maximum Gasteiger partial charge on any atom is 0.0897 e. The van der Waals surface area contributed by atoms with E-state index < -0.39 is 0 Å². The summed E-state index contributed by atoms with van der Waals surface area (Å²) in [4.78, 5) is 4.36. The van der Waals surface area contributed by atoms with Crippen LogP contribution in [0.15, 0.2) is 5.38 Å². The number of aliphatic hydroxyl groups excluding tert-OH is 1. The van der Waals surface area contributed by atoms with Crippen molar-refractivity contribution in [2.24, 2.45) is 0 Å². The molecule has 3 nitrogen and oxygen atoms in total. The molecule has 0 aliphatic heterocycles. The van der Waals surface area contributed by atoms with Gasteiger partial charge in [0.1, 0.15) is 0 Å². The number of aryl methyl sites for hydroxylation is 1. The van der Waals surface area contributed by atoms with Crippen LogP contribution >= 0.6 is 11.3 Å². The van der Waals surface area contributed by atoms with E-state index in [9.17, 15) is 0 Å². The van der Waals surface area contributed by atoms with Crippen LogP contribution in [-0.4, -0.2) is 23.2 Å². The Hall–Kier alpha value is -0.450. The van der Waals surface area contributed by atoms with Gasteiger partial charge >= 0.3 is 0 Å². The molecule has 0 amide bonds. The Bertz CT molecular complexity index is 250. The van der Waals surface area contributed by atoms with Crippen molar-refractivity contribution in [3.8, 4) is 0 Å². The lowest BCUT2D eigenvalue weighted by Gasteiger charge is -2.01. The number of rotatable bonds is 7. The highest BCUT2D eigenvalue weighted by Crippen LogP contribution is 2.07. The number of nitrogens with one attached hydrogen (secondary N) is 1. The second-order valence-corrected chi connectivity index (χ2v) is 4.38. The summed E-state index contributed by atoms with van der Waals surface area (Å²) in [5.41, 5.74) is 1.13. The zero-order chi connectivity index (χ0) is 10.2. The standard InChI is InChI=1S/C10H18N2OS/c1-9-12-10(8-14-9)7-11-5-3-2-4-6-13/h8,11,13H,2-7H2,1H3. The summed E-state index contributed by atoms with van der Waals surface area (Å²) in [6, 6.07) is 0. The van der Waals surface area contributed by atoms with Crippen LogP contribution in [0.1, 0.15) is 30.0 Å². The molecular formula is C10H18N2OS. The summed E-state index contributed by atoms with van der Waals surface area (Å²) < 4.78 is 0. The summed E-state index contributed by atoms with van der Waals surface area (Å²) in [6.07, 6.45) is 3.14. The van der Waals surface area contributed by atoms with Gasteiger partial charge in [-0.2, -0.15) is 0 Å². The number of aromatic nitrogens is 1. The Morgan fingerprint density at radius 3 is 2.93 bits per heavy atom. The number of thiazole rings is 1. The lowest BCUT2D eigenvalue weighted by atomic mass is 10.2. The Morgan fingerprint density at radius 1 is 1.43 bits per heavy atom. The average Bonchev–Trinajstić information content (AvgIpc) is 2.58. The van der Waals surface area contributed by atoms with Gasteiger partial charge in [0.05, 0.1) is 10.7 Å². The zero-order valence-corrected chi connectivity index (χ0v) is 9.44. The second kappa shape index (κ2) is 6.92. The van der Waals surface area contributed by atoms with Gasteiger partial charge in [0.25, 0.3) is 0 Å². The highest BCUT2D eigenvalue weighted by molar-refractivity contribution is 7.09. The molecule has 0 aliphatic carbocycles. The molecule has 1 aromatic rings. The van der Waals surface area contributed by atoms with E-state index in [0.29, 0.717) is 6.61 Å². The molecule has 0 saturated heterocycles. The maximum atomic E-state index is 8.57. The first-order valence-corrected chi connectivity index (χ1v) is 5.93. The van der Waals surface area contributed by atoms with Gasteiger partial charge in [0.15, 0.2) is 0 Å². The zero-order valence-electron chi connectivity index (χ0n) is 8.62. The van der Waals surface area contributed by atoms with Gasteiger partial charge in [-0.05, 0) is 32.7 Å². The molecule has 1 rings (SSSR count). The Kier molecular flexibility index (Phi) is 5.75. The van der Waals surface area contributed by atoms with Crippen molar-refractivity contribution in [3.05, 3.63) is 16.1 Å².